The largest absolute Gasteiger partial charge is 0.463 e. The third-order valence-corrected chi connectivity index (χ3v) is 6.92. The molecule has 0 aliphatic carbocycles. The molecule has 38 heavy (non-hydrogen) atoms. The highest BCUT2D eigenvalue weighted by atomic mass is 16.6. The molecule has 0 bridgehead atoms. The number of rotatable bonds is 7. The van der Waals surface area contributed by atoms with Crippen LogP contribution in [-0.2, 0) is 14.3 Å². The number of hydrogen-bond donors (Lipinski definition) is 0. The molecule has 0 aromatic heterocycles. The van der Waals surface area contributed by atoms with Crippen molar-refractivity contribution in [3.8, 4) is 0 Å². The predicted molar refractivity (Wildman–Crippen MR) is 146 cm³/mol. The average Bonchev–Trinajstić information content (AvgIpc) is 2.97. The van der Waals surface area contributed by atoms with Crippen molar-refractivity contribution < 1.29 is 19.2 Å². The molecule has 194 valence electrons. The maximum Gasteiger partial charge on any atom is 0.338 e. The van der Waals surface area contributed by atoms with Crippen LogP contribution < -0.4 is 0 Å². The van der Waals surface area contributed by atoms with E-state index < -0.39 is 16.8 Å². The maximum absolute atomic E-state index is 13.7. The van der Waals surface area contributed by atoms with Crippen LogP contribution in [0.4, 0.5) is 5.69 Å². The van der Waals surface area contributed by atoms with Crippen LogP contribution in [0.3, 0.4) is 0 Å². The van der Waals surface area contributed by atoms with Gasteiger partial charge in [0.1, 0.15) is 5.76 Å². The molecule has 0 saturated carbocycles. The summed E-state index contributed by atoms with van der Waals surface area (Å²) in [6, 6.07) is 25.8. The number of carbonyl (C=O) groups is 1. The highest BCUT2D eigenvalue weighted by Gasteiger charge is 2.41. The van der Waals surface area contributed by atoms with Crippen molar-refractivity contribution >= 4 is 23.0 Å². The first-order chi connectivity index (χ1) is 18.6. The van der Waals surface area contributed by atoms with Crippen molar-refractivity contribution in [1.29, 1.82) is 0 Å². The molecule has 0 spiro atoms. The van der Waals surface area contributed by atoms with E-state index in [0.717, 1.165) is 49.1 Å². The molecule has 3 aromatic carbocycles. The van der Waals surface area contributed by atoms with E-state index in [4.69, 9.17) is 9.47 Å². The van der Waals surface area contributed by atoms with E-state index in [1.807, 2.05) is 66.7 Å². The normalized spacial score (nSPS) is 17.7. The van der Waals surface area contributed by atoms with Crippen LogP contribution in [0.5, 0.6) is 0 Å². The van der Waals surface area contributed by atoms with Crippen molar-refractivity contribution in [2.24, 2.45) is 0 Å². The van der Waals surface area contributed by atoms with Crippen molar-refractivity contribution in [2.75, 3.05) is 19.7 Å². The molecule has 3 aromatic rings. The molecule has 7 heteroatoms. The molecule has 1 fully saturated rings. The Morgan fingerprint density at radius 2 is 1.61 bits per heavy atom. The molecule has 0 radical (unpaired) electrons. The second-order valence-electron chi connectivity index (χ2n) is 9.35. The average molecular weight is 511 g/mol. The minimum atomic E-state index is -0.641. The third-order valence-electron chi connectivity index (χ3n) is 6.92. The molecule has 2 heterocycles. The Bertz CT molecular complexity index is 1380. The third kappa shape index (κ3) is 5.05. The number of hydrogen-bond acceptors (Lipinski definition) is 6. The summed E-state index contributed by atoms with van der Waals surface area (Å²) in [6.07, 6.45) is 3.21. The zero-order valence-electron chi connectivity index (χ0n) is 21.3. The predicted octanol–water partition coefficient (Wildman–Crippen LogP) is 6.54. The Balaban J connectivity index is 1.83. The Hall–Kier alpha value is -4.39. The zero-order chi connectivity index (χ0) is 26.5. The molecule has 0 unspecified atom stereocenters. The van der Waals surface area contributed by atoms with Crippen LogP contribution in [0.25, 0.3) is 11.3 Å². The molecule has 1 atom stereocenters. The van der Waals surface area contributed by atoms with Gasteiger partial charge in [0.05, 0.1) is 23.0 Å². The summed E-state index contributed by atoms with van der Waals surface area (Å²) >= 11 is 0. The van der Waals surface area contributed by atoms with Crippen LogP contribution >= 0.6 is 0 Å². The molecular weight excluding hydrogens is 480 g/mol. The highest BCUT2D eigenvalue weighted by Crippen LogP contribution is 2.49. The minimum Gasteiger partial charge on any atom is -0.463 e. The van der Waals surface area contributed by atoms with Gasteiger partial charge < -0.3 is 14.4 Å². The number of nitro groups is 1. The summed E-state index contributed by atoms with van der Waals surface area (Å²) in [7, 11) is 0. The first kappa shape index (κ1) is 25.3. The number of carbonyl (C=O) groups excluding carboxylic acids is 1. The van der Waals surface area contributed by atoms with Gasteiger partial charge in [-0.25, -0.2) is 4.79 Å². The number of esters is 1. The van der Waals surface area contributed by atoms with E-state index in [1.165, 1.54) is 6.07 Å². The number of ether oxygens (including phenoxy) is 2. The van der Waals surface area contributed by atoms with Gasteiger partial charge in [-0.1, -0.05) is 72.8 Å². The number of non-ortho nitro benzene ring substituents is 1. The lowest BCUT2D eigenvalue weighted by molar-refractivity contribution is -0.384. The fourth-order valence-electron chi connectivity index (χ4n) is 5.22. The van der Waals surface area contributed by atoms with Gasteiger partial charge in [0, 0.05) is 36.4 Å². The summed E-state index contributed by atoms with van der Waals surface area (Å²) in [6.45, 7) is 3.60. The van der Waals surface area contributed by atoms with Gasteiger partial charge in [0.15, 0.2) is 0 Å². The molecule has 0 N–H and O–H groups in total. The molecular formula is C31H30N2O5. The zero-order valence-corrected chi connectivity index (χ0v) is 21.3. The van der Waals surface area contributed by atoms with Gasteiger partial charge in [0.25, 0.3) is 5.69 Å². The van der Waals surface area contributed by atoms with Crippen LogP contribution in [0.1, 0.15) is 48.8 Å². The van der Waals surface area contributed by atoms with Crippen LogP contribution in [-0.4, -0.2) is 35.5 Å². The quantitative estimate of drug-likeness (QED) is 0.204. The van der Waals surface area contributed by atoms with E-state index in [9.17, 15) is 14.9 Å². The Labute approximate surface area is 222 Å². The summed E-state index contributed by atoms with van der Waals surface area (Å²) in [5.74, 6) is -0.0497. The lowest BCUT2D eigenvalue weighted by Crippen LogP contribution is -2.34. The molecule has 2 aliphatic heterocycles. The maximum atomic E-state index is 13.7. The monoisotopic (exact) mass is 510 g/mol. The van der Waals surface area contributed by atoms with Gasteiger partial charge >= 0.3 is 5.97 Å². The van der Waals surface area contributed by atoms with Gasteiger partial charge in [-0.05, 0) is 37.3 Å². The van der Waals surface area contributed by atoms with Gasteiger partial charge in [-0.3, -0.25) is 10.1 Å². The Morgan fingerprint density at radius 3 is 2.24 bits per heavy atom. The highest BCUT2D eigenvalue weighted by molar-refractivity contribution is 6.03. The molecule has 7 nitrogen and oxygen atoms in total. The molecule has 2 aliphatic rings. The Morgan fingerprint density at radius 1 is 0.947 bits per heavy atom. The summed E-state index contributed by atoms with van der Waals surface area (Å²) in [5, 5.41) is 11.8. The number of benzene rings is 3. The number of nitro benzene ring substituents is 1. The minimum absolute atomic E-state index is 0.0367. The first-order valence-electron chi connectivity index (χ1n) is 13.0. The van der Waals surface area contributed by atoms with E-state index in [1.54, 1.807) is 19.1 Å². The fraction of sp³-hybridized carbons (Fsp3) is 0.258. The summed E-state index contributed by atoms with van der Waals surface area (Å²) in [5.41, 5.74) is 3.36. The number of nitrogens with zero attached hydrogens (tertiary/aromatic N) is 2. The Kier molecular flexibility index (Phi) is 7.54. The lowest BCUT2D eigenvalue weighted by Gasteiger charge is -2.38. The van der Waals surface area contributed by atoms with Crippen molar-refractivity contribution in [2.45, 2.75) is 32.1 Å². The number of likely N-dealkylation sites (tertiary alicyclic amines) is 1. The van der Waals surface area contributed by atoms with E-state index in [2.05, 4.69) is 4.90 Å². The lowest BCUT2D eigenvalue weighted by atomic mass is 9.78. The van der Waals surface area contributed by atoms with E-state index in [-0.39, 0.29) is 12.3 Å². The van der Waals surface area contributed by atoms with Gasteiger partial charge in [0.2, 0.25) is 5.88 Å². The van der Waals surface area contributed by atoms with Gasteiger partial charge in [-0.2, -0.15) is 0 Å². The second kappa shape index (κ2) is 11.3. The fourth-order valence-corrected chi connectivity index (χ4v) is 5.22. The van der Waals surface area contributed by atoms with Gasteiger partial charge in [-0.15, -0.1) is 0 Å². The number of allylic oxidation sites excluding steroid dienone is 1. The number of piperidine rings is 1. The smallest absolute Gasteiger partial charge is 0.338 e. The van der Waals surface area contributed by atoms with Crippen LogP contribution in [0.2, 0.25) is 0 Å². The molecule has 1 saturated heterocycles. The van der Waals surface area contributed by atoms with Crippen molar-refractivity contribution in [3.05, 3.63) is 123 Å². The van der Waals surface area contributed by atoms with Crippen LogP contribution in [0.15, 0.2) is 96.4 Å². The van der Waals surface area contributed by atoms with E-state index >= 15 is 0 Å². The topological polar surface area (TPSA) is 81.9 Å². The summed E-state index contributed by atoms with van der Waals surface area (Å²) < 4.78 is 12.3. The standard InChI is InChI=1S/C31H30N2O5/c1-2-37-31(34)28-26(24-17-12-18-25(21-24)33(35)36)27(22-13-6-3-7-14-22)30(32-19-10-5-11-20-32)38-29(28)23-15-8-4-9-16-23/h3-4,6-9,12-18,21,26H,2,5,10-11,19-20H2,1H3/t26-/m0/s1. The first-order valence-corrected chi connectivity index (χ1v) is 13.0. The van der Waals surface area contributed by atoms with E-state index in [0.29, 0.717) is 22.8 Å². The SMILES string of the molecule is CCOC(=O)C1=C(c2ccccc2)OC(N2CCCCC2)=C(c2ccccc2)[C@@H]1c1cccc([N+](=O)[O-])c1. The molecule has 5 rings (SSSR count). The molecule has 0 amide bonds. The van der Waals surface area contributed by atoms with Crippen molar-refractivity contribution in [3.63, 3.8) is 0 Å². The summed E-state index contributed by atoms with van der Waals surface area (Å²) in [4.78, 5) is 27.3. The van der Waals surface area contributed by atoms with Crippen molar-refractivity contribution in [1.82, 2.24) is 4.90 Å². The second-order valence-corrected chi connectivity index (χ2v) is 9.35. The van der Waals surface area contributed by atoms with Crippen LogP contribution in [0, 0.1) is 10.1 Å².